The molecule has 2 unspecified atom stereocenters. The molecule has 3 rings (SSSR count). The van der Waals surface area contributed by atoms with Crippen LogP contribution in [-0.4, -0.2) is 41.4 Å². The van der Waals surface area contributed by atoms with E-state index in [1.165, 1.54) is 6.92 Å². The van der Waals surface area contributed by atoms with Gasteiger partial charge >= 0.3 is 6.09 Å². The molecule has 2 atom stereocenters. The van der Waals surface area contributed by atoms with Gasteiger partial charge in [-0.1, -0.05) is 5.16 Å². The molecule has 1 saturated heterocycles. The predicted molar refractivity (Wildman–Crippen MR) is 68.6 cm³/mol. The van der Waals surface area contributed by atoms with E-state index in [0.717, 1.165) is 11.0 Å². The van der Waals surface area contributed by atoms with Gasteiger partial charge in [0, 0.05) is 0 Å². The van der Waals surface area contributed by atoms with Crippen molar-refractivity contribution >= 4 is 29.2 Å². The zero-order chi connectivity index (χ0) is 16.0. The van der Waals surface area contributed by atoms with Crippen LogP contribution in [0.2, 0.25) is 0 Å². The maximum atomic E-state index is 13.8. The van der Waals surface area contributed by atoms with E-state index in [4.69, 9.17) is 9.26 Å². The molecule has 1 aliphatic rings. The Morgan fingerprint density at radius 2 is 2.23 bits per heavy atom. The Labute approximate surface area is 122 Å². The summed E-state index contributed by atoms with van der Waals surface area (Å²) >= 11 is 0. The molecule has 0 spiro atoms. The van der Waals surface area contributed by atoms with Gasteiger partial charge in [0.2, 0.25) is 11.4 Å². The second-order valence-corrected chi connectivity index (χ2v) is 4.85. The minimum atomic E-state index is -1.38. The van der Waals surface area contributed by atoms with E-state index in [-0.39, 0.29) is 24.1 Å². The molecule has 9 heteroatoms. The lowest BCUT2D eigenvalue weighted by molar-refractivity contribution is 0.111. The lowest BCUT2D eigenvalue weighted by Gasteiger charge is -2.20. The van der Waals surface area contributed by atoms with Crippen molar-refractivity contribution in [3.05, 3.63) is 23.3 Å². The molecule has 0 saturated carbocycles. The number of ether oxygens (including phenoxy) is 1. The summed E-state index contributed by atoms with van der Waals surface area (Å²) in [5.41, 5.74) is -1.06. The summed E-state index contributed by atoms with van der Waals surface area (Å²) in [5, 5.41) is 13.2. The molecule has 1 N–H and O–H groups in total. The van der Waals surface area contributed by atoms with Crippen LogP contribution in [-0.2, 0) is 4.74 Å². The van der Waals surface area contributed by atoms with E-state index < -0.39 is 41.0 Å². The van der Waals surface area contributed by atoms with Crippen LogP contribution in [0.15, 0.2) is 10.6 Å². The Kier molecular flexibility index (Phi) is 3.28. The van der Waals surface area contributed by atoms with Crippen LogP contribution in [0.25, 0.3) is 11.0 Å². The van der Waals surface area contributed by atoms with Gasteiger partial charge in [0.1, 0.15) is 12.6 Å². The van der Waals surface area contributed by atoms with Crippen molar-refractivity contribution < 1.29 is 32.7 Å². The number of hydrogen-bond donors (Lipinski definition) is 1. The van der Waals surface area contributed by atoms with Crippen molar-refractivity contribution in [2.24, 2.45) is 0 Å². The average Bonchev–Trinajstić information content (AvgIpc) is 3.05. The first-order chi connectivity index (χ1) is 10.5. The Bertz CT molecular complexity index is 773. The molecule has 2 heterocycles. The maximum absolute atomic E-state index is 13.8. The first kappa shape index (κ1) is 14.4. The van der Waals surface area contributed by atoms with Crippen LogP contribution in [0.3, 0.4) is 0 Å². The van der Waals surface area contributed by atoms with Gasteiger partial charge in [0.05, 0.1) is 17.1 Å². The van der Waals surface area contributed by atoms with Gasteiger partial charge in [-0.25, -0.2) is 14.1 Å². The van der Waals surface area contributed by atoms with Crippen LogP contribution in [0, 0.1) is 11.6 Å². The fourth-order valence-electron chi connectivity index (χ4n) is 2.32. The van der Waals surface area contributed by atoms with E-state index >= 15 is 0 Å². The highest BCUT2D eigenvalue weighted by atomic mass is 19.2. The third-order valence-electron chi connectivity index (χ3n) is 3.47. The topological polar surface area (TPSA) is 92.9 Å². The van der Waals surface area contributed by atoms with Gasteiger partial charge in [-0.3, -0.25) is 4.79 Å². The molecule has 2 aromatic rings. The SMILES string of the molecule is CC(O)C1COC(=O)N1c1noc2c(F)c(F)c(C=O)cc12. The number of halogens is 2. The fraction of sp³-hybridized carbons (Fsp3) is 0.308. The first-order valence-corrected chi connectivity index (χ1v) is 6.32. The monoisotopic (exact) mass is 312 g/mol. The number of amides is 1. The summed E-state index contributed by atoms with van der Waals surface area (Å²) in [5.74, 6) is -2.88. The van der Waals surface area contributed by atoms with Crippen molar-refractivity contribution in [1.82, 2.24) is 5.16 Å². The Morgan fingerprint density at radius 1 is 1.50 bits per heavy atom. The normalized spacial score (nSPS) is 19.5. The third kappa shape index (κ3) is 1.93. The number of anilines is 1. The largest absolute Gasteiger partial charge is 0.447 e. The Balaban J connectivity index is 2.21. The highest BCUT2D eigenvalue weighted by molar-refractivity contribution is 6.01. The summed E-state index contributed by atoms with van der Waals surface area (Å²) in [6.07, 6.45) is -1.61. The highest BCUT2D eigenvalue weighted by Crippen LogP contribution is 2.34. The number of carbonyl (C=O) groups is 2. The van der Waals surface area contributed by atoms with Crippen LogP contribution < -0.4 is 4.90 Å². The minimum absolute atomic E-state index is 0.0644. The smallest absolute Gasteiger partial charge is 0.416 e. The molecule has 22 heavy (non-hydrogen) atoms. The molecule has 1 amide bonds. The molecule has 116 valence electrons. The van der Waals surface area contributed by atoms with E-state index in [0.29, 0.717) is 0 Å². The van der Waals surface area contributed by atoms with Crippen molar-refractivity contribution in [3.63, 3.8) is 0 Å². The van der Waals surface area contributed by atoms with Gasteiger partial charge < -0.3 is 14.4 Å². The molecular weight excluding hydrogens is 302 g/mol. The Hall–Kier alpha value is -2.55. The van der Waals surface area contributed by atoms with Crippen LogP contribution in [0.4, 0.5) is 19.4 Å². The van der Waals surface area contributed by atoms with E-state index in [1.807, 2.05) is 0 Å². The number of aldehydes is 1. The van der Waals surface area contributed by atoms with Gasteiger partial charge in [-0.2, -0.15) is 4.39 Å². The number of nitrogens with zero attached hydrogens (tertiary/aromatic N) is 2. The highest BCUT2D eigenvalue weighted by Gasteiger charge is 2.40. The summed E-state index contributed by atoms with van der Waals surface area (Å²) in [4.78, 5) is 23.6. The van der Waals surface area contributed by atoms with Gasteiger partial charge in [0.15, 0.2) is 17.9 Å². The molecule has 1 fully saturated rings. The number of cyclic esters (lactones) is 1. The molecule has 0 aliphatic carbocycles. The molecular formula is C13H10F2N2O5. The van der Waals surface area contributed by atoms with Gasteiger partial charge in [-0.05, 0) is 13.0 Å². The molecule has 1 aromatic heterocycles. The summed E-state index contributed by atoms with van der Waals surface area (Å²) in [6, 6.07) is 0.269. The van der Waals surface area contributed by atoms with E-state index in [2.05, 4.69) is 5.16 Å². The average molecular weight is 312 g/mol. The van der Waals surface area contributed by atoms with E-state index in [9.17, 15) is 23.5 Å². The lowest BCUT2D eigenvalue weighted by Crippen LogP contribution is -2.41. The molecule has 0 radical (unpaired) electrons. The van der Waals surface area contributed by atoms with Crippen LogP contribution in [0.1, 0.15) is 17.3 Å². The van der Waals surface area contributed by atoms with Crippen LogP contribution in [0.5, 0.6) is 0 Å². The third-order valence-corrected chi connectivity index (χ3v) is 3.47. The number of aromatic nitrogens is 1. The summed E-state index contributed by atoms with van der Waals surface area (Å²) in [6.45, 7) is 1.36. The molecule has 1 aliphatic heterocycles. The number of benzene rings is 1. The quantitative estimate of drug-likeness (QED) is 0.866. The maximum Gasteiger partial charge on any atom is 0.416 e. The van der Waals surface area contributed by atoms with E-state index in [1.54, 1.807) is 0 Å². The summed E-state index contributed by atoms with van der Waals surface area (Å²) in [7, 11) is 0. The number of hydrogen-bond acceptors (Lipinski definition) is 6. The molecule has 0 bridgehead atoms. The lowest BCUT2D eigenvalue weighted by atomic mass is 10.1. The standard InChI is InChI=1S/C13H10F2N2O5/c1-5(19)8-4-21-13(20)17(8)12-7-2-6(3-18)9(14)10(15)11(7)22-16-12/h2-3,5,8,19H,4H2,1H3. The number of aliphatic hydroxyl groups is 1. The van der Waals surface area contributed by atoms with Crippen molar-refractivity contribution in [2.75, 3.05) is 11.5 Å². The van der Waals surface area contributed by atoms with Gasteiger partial charge in [0.25, 0.3) is 0 Å². The summed E-state index contributed by atoms with van der Waals surface area (Å²) < 4.78 is 37.0. The minimum Gasteiger partial charge on any atom is -0.447 e. The van der Waals surface area contributed by atoms with Crippen molar-refractivity contribution in [3.8, 4) is 0 Å². The number of fused-ring (bicyclic) bond motifs is 1. The molecule has 1 aromatic carbocycles. The fourth-order valence-corrected chi connectivity index (χ4v) is 2.32. The molecule has 7 nitrogen and oxygen atoms in total. The van der Waals surface area contributed by atoms with Gasteiger partial charge in [-0.15, -0.1) is 0 Å². The Morgan fingerprint density at radius 3 is 2.86 bits per heavy atom. The number of rotatable bonds is 3. The predicted octanol–water partition coefficient (Wildman–Crippen LogP) is 1.62. The number of carbonyl (C=O) groups excluding carboxylic acids is 2. The second kappa shape index (κ2) is 5.02. The number of aliphatic hydroxyl groups excluding tert-OH is 1. The van der Waals surface area contributed by atoms with Crippen molar-refractivity contribution in [2.45, 2.75) is 19.1 Å². The second-order valence-electron chi connectivity index (χ2n) is 4.85. The first-order valence-electron chi connectivity index (χ1n) is 6.32. The zero-order valence-corrected chi connectivity index (χ0v) is 11.2. The van der Waals surface area contributed by atoms with Crippen LogP contribution >= 0.6 is 0 Å². The zero-order valence-electron chi connectivity index (χ0n) is 11.2. The van der Waals surface area contributed by atoms with Crippen molar-refractivity contribution in [1.29, 1.82) is 0 Å².